The highest BCUT2D eigenvalue weighted by Crippen LogP contribution is 2.21. The van der Waals surface area contributed by atoms with Gasteiger partial charge in [-0.15, -0.1) is 6.58 Å². The molecule has 0 aliphatic carbocycles. The molecular weight excluding hydrogens is 230 g/mol. The lowest BCUT2D eigenvalue weighted by atomic mass is 10.2. The molecule has 0 aliphatic heterocycles. The van der Waals surface area contributed by atoms with Crippen molar-refractivity contribution in [2.24, 2.45) is 0 Å². The molecule has 1 heterocycles. The number of rotatable bonds is 5. The molecule has 0 radical (unpaired) electrons. The van der Waals surface area contributed by atoms with Gasteiger partial charge in [-0.3, -0.25) is 10.1 Å². The standard InChI is InChI=1S/C10H12ClN3O2/c1-3-4-7(2)12-10-6-8(14(15)16)5-9(11)13-10/h3,5-7H,1,4H2,2H3,(H,12,13). The van der Waals surface area contributed by atoms with Gasteiger partial charge in [0.05, 0.1) is 17.1 Å². The van der Waals surface area contributed by atoms with E-state index in [0.717, 1.165) is 6.42 Å². The van der Waals surface area contributed by atoms with Gasteiger partial charge in [-0.1, -0.05) is 17.7 Å². The van der Waals surface area contributed by atoms with E-state index in [1.807, 2.05) is 6.92 Å². The van der Waals surface area contributed by atoms with Gasteiger partial charge >= 0.3 is 0 Å². The maximum Gasteiger partial charge on any atom is 0.276 e. The summed E-state index contributed by atoms with van der Waals surface area (Å²) in [6.07, 6.45) is 2.50. The maximum absolute atomic E-state index is 10.6. The Bertz CT molecular complexity index is 409. The first-order valence-corrected chi connectivity index (χ1v) is 5.10. The first-order chi connectivity index (χ1) is 7.52. The van der Waals surface area contributed by atoms with Gasteiger partial charge < -0.3 is 5.32 Å². The number of aromatic nitrogens is 1. The van der Waals surface area contributed by atoms with Gasteiger partial charge in [0.25, 0.3) is 5.69 Å². The molecule has 1 N–H and O–H groups in total. The van der Waals surface area contributed by atoms with Crippen LogP contribution in [0.25, 0.3) is 0 Å². The smallest absolute Gasteiger partial charge is 0.276 e. The van der Waals surface area contributed by atoms with Crippen molar-refractivity contribution < 1.29 is 4.92 Å². The molecule has 0 amide bonds. The van der Waals surface area contributed by atoms with Gasteiger partial charge in [-0.05, 0) is 13.3 Å². The normalized spacial score (nSPS) is 11.9. The number of hydrogen-bond donors (Lipinski definition) is 1. The summed E-state index contributed by atoms with van der Waals surface area (Å²) in [5, 5.41) is 13.7. The number of hydrogen-bond acceptors (Lipinski definition) is 4. The second kappa shape index (κ2) is 5.46. The summed E-state index contributed by atoms with van der Waals surface area (Å²) in [4.78, 5) is 14.0. The van der Waals surface area contributed by atoms with Crippen molar-refractivity contribution in [3.8, 4) is 0 Å². The molecule has 1 aromatic heterocycles. The van der Waals surface area contributed by atoms with E-state index in [4.69, 9.17) is 11.6 Å². The lowest BCUT2D eigenvalue weighted by molar-refractivity contribution is -0.384. The third-order valence-electron chi connectivity index (χ3n) is 1.90. The van der Waals surface area contributed by atoms with E-state index >= 15 is 0 Å². The SMILES string of the molecule is C=CCC(C)Nc1cc([N+](=O)[O-])cc(Cl)n1. The molecular formula is C10H12ClN3O2. The zero-order valence-electron chi connectivity index (χ0n) is 8.81. The van der Waals surface area contributed by atoms with E-state index in [9.17, 15) is 10.1 Å². The fourth-order valence-corrected chi connectivity index (χ4v) is 1.43. The van der Waals surface area contributed by atoms with Crippen LogP contribution in [-0.2, 0) is 0 Å². The van der Waals surface area contributed by atoms with Crippen molar-refractivity contribution >= 4 is 23.1 Å². The molecule has 1 aromatic rings. The summed E-state index contributed by atoms with van der Waals surface area (Å²) in [7, 11) is 0. The Balaban J connectivity index is 2.87. The van der Waals surface area contributed by atoms with Crippen LogP contribution in [0.1, 0.15) is 13.3 Å². The Morgan fingerprint density at radius 3 is 3.00 bits per heavy atom. The van der Waals surface area contributed by atoms with Gasteiger partial charge in [0.15, 0.2) is 0 Å². The van der Waals surface area contributed by atoms with Gasteiger partial charge in [0, 0.05) is 6.04 Å². The summed E-state index contributed by atoms with van der Waals surface area (Å²) in [6.45, 7) is 5.54. The van der Waals surface area contributed by atoms with Gasteiger partial charge in [-0.2, -0.15) is 0 Å². The number of nitrogens with one attached hydrogen (secondary N) is 1. The second-order valence-electron chi connectivity index (χ2n) is 3.36. The van der Waals surface area contributed by atoms with Gasteiger partial charge in [0.1, 0.15) is 11.0 Å². The van der Waals surface area contributed by atoms with Crippen LogP contribution in [0.4, 0.5) is 11.5 Å². The first kappa shape index (κ1) is 12.4. The van der Waals surface area contributed by atoms with Crippen molar-refractivity contribution in [1.29, 1.82) is 0 Å². The van der Waals surface area contributed by atoms with Crippen LogP contribution >= 0.6 is 11.6 Å². The second-order valence-corrected chi connectivity index (χ2v) is 3.75. The summed E-state index contributed by atoms with van der Waals surface area (Å²) in [6, 6.07) is 2.67. The summed E-state index contributed by atoms with van der Waals surface area (Å²) in [5.74, 6) is 0.397. The Morgan fingerprint density at radius 2 is 2.44 bits per heavy atom. The van der Waals surface area contributed by atoms with E-state index in [-0.39, 0.29) is 16.9 Å². The molecule has 1 atom stereocenters. The van der Waals surface area contributed by atoms with Crippen LogP contribution in [0.3, 0.4) is 0 Å². The van der Waals surface area contributed by atoms with Crippen molar-refractivity contribution in [1.82, 2.24) is 4.98 Å². The van der Waals surface area contributed by atoms with Crippen molar-refractivity contribution in [3.63, 3.8) is 0 Å². The molecule has 16 heavy (non-hydrogen) atoms. The zero-order valence-corrected chi connectivity index (χ0v) is 9.57. The minimum atomic E-state index is -0.503. The van der Waals surface area contributed by atoms with Crippen molar-refractivity contribution in [2.75, 3.05) is 5.32 Å². The highest BCUT2D eigenvalue weighted by atomic mass is 35.5. The molecule has 86 valence electrons. The molecule has 0 saturated heterocycles. The zero-order chi connectivity index (χ0) is 12.1. The molecule has 0 aliphatic rings. The van der Waals surface area contributed by atoms with Crippen LogP contribution < -0.4 is 5.32 Å². The maximum atomic E-state index is 10.6. The molecule has 0 saturated carbocycles. The number of nitro groups is 1. The average Bonchev–Trinajstić information content (AvgIpc) is 2.16. The van der Waals surface area contributed by atoms with E-state index in [2.05, 4.69) is 16.9 Å². The largest absolute Gasteiger partial charge is 0.367 e. The van der Waals surface area contributed by atoms with E-state index < -0.39 is 4.92 Å². The van der Waals surface area contributed by atoms with Crippen LogP contribution in [-0.4, -0.2) is 15.9 Å². The molecule has 0 aromatic carbocycles. The minimum absolute atomic E-state index is 0.0756. The Hall–Kier alpha value is -1.62. The number of anilines is 1. The Labute approximate surface area is 98.3 Å². The third kappa shape index (κ3) is 3.51. The van der Waals surface area contributed by atoms with E-state index in [1.54, 1.807) is 6.08 Å². The molecule has 0 fully saturated rings. The van der Waals surface area contributed by atoms with Crippen molar-refractivity contribution in [2.45, 2.75) is 19.4 Å². The topological polar surface area (TPSA) is 68.1 Å². The molecule has 5 nitrogen and oxygen atoms in total. The molecule has 0 spiro atoms. The molecule has 6 heteroatoms. The Morgan fingerprint density at radius 1 is 1.75 bits per heavy atom. The van der Waals surface area contributed by atoms with Crippen LogP contribution in [0, 0.1) is 10.1 Å². The summed E-state index contributed by atoms with van der Waals surface area (Å²) < 4.78 is 0. The quantitative estimate of drug-likeness (QED) is 0.372. The van der Waals surface area contributed by atoms with Crippen LogP contribution in [0.15, 0.2) is 24.8 Å². The lowest BCUT2D eigenvalue weighted by Crippen LogP contribution is -2.15. The fraction of sp³-hybridized carbons (Fsp3) is 0.300. The highest BCUT2D eigenvalue weighted by molar-refractivity contribution is 6.29. The van der Waals surface area contributed by atoms with Crippen LogP contribution in [0.5, 0.6) is 0 Å². The number of pyridine rings is 1. The summed E-state index contributed by atoms with van der Waals surface area (Å²) in [5.41, 5.74) is -0.0756. The Kier molecular flexibility index (Phi) is 4.25. The monoisotopic (exact) mass is 241 g/mol. The average molecular weight is 242 g/mol. The lowest BCUT2D eigenvalue weighted by Gasteiger charge is -2.12. The molecule has 0 bridgehead atoms. The minimum Gasteiger partial charge on any atom is -0.367 e. The number of halogens is 1. The predicted octanol–water partition coefficient (Wildman–Crippen LogP) is 3.02. The molecule has 1 unspecified atom stereocenters. The van der Waals surface area contributed by atoms with Gasteiger partial charge in [-0.25, -0.2) is 4.98 Å². The number of nitrogens with zero attached hydrogens (tertiary/aromatic N) is 2. The van der Waals surface area contributed by atoms with E-state index in [0.29, 0.717) is 5.82 Å². The first-order valence-electron chi connectivity index (χ1n) is 4.72. The van der Waals surface area contributed by atoms with Crippen LogP contribution in [0.2, 0.25) is 5.15 Å². The predicted molar refractivity (Wildman–Crippen MR) is 63.8 cm³/mol. The summed E-state index contributed by atoms with van der Waals surface area (Å²) >= 11 is 5.68. The highest BCUT2D eigenvalue weighted by Gasteiger charge is 2.11. The third-order valence-corrected chi connectivity index (χ3v) is 2.10. The van der Waals surface area contributed by atoms with E-state index in [1.165, 1.54) is 12.1 Å². The fourth-order valence-electron chi connectivity index (χ4n) is 1.22. The molecule has 1 rings (SSSR count). The van der Waals surface area contributed by atoms with Gasteiger partial charge in [0.2, 0.25) is 0 Å². The van der Waals surface area contributed by atoms with Crippen molar-refractivity contribution in [3.05, 3.63) is 40.1 Å².